The first kappa shape index (κ1) is 12.3. The van der Waals surface area contributed by atoms with E-state index in [9.17, 15) is 5.11 Å². The molecule has 0 radical (unpaired) electrons. The van der Waals surface area contributed by atoms with Gasteiger partial charge in [-0.1, -0.05) is 25.8 Å². The minimum atomic E-state index is 0.342. The van der Waals surface area contributed by atoms with Crippen LogP contribution in [0, 0.1) is 5.92 Å². The van der Waals surface area contributed by atoms with Gasteiger partial charge in [0, 0.05) is 17.8 Å². The van der Waals surface area contributed by atoms with Gasteiger partial charge >= 0.3 is 0 Å². The van der Waals surface area contributed by atoms with Crippen molar-refractivity contribution in [2.24, 2.45) is 5.92 Å². The molecule has 1 fully saturated rings. The number of hydrogen-bond acceptors (Lipinski definition) is 2. The highest BCUT2D eigenvalue weighted by molar-refractivity contribution is 5.48. The van der Waals surface area contributed by atoms with Gasteiger partial charge in [-0.25, -0.2) is 0 Å². The zero-order chi connectivity index (χ0) is 12.1. The first-order valence-corrected chi connectivity index (χ1v) is 6.83. The minimum absolute atomic E-state index is 0.342. The SMILES string of the molecule is CCCC1CCC(Nc2cccc(O)c2)CC1. The number of aromatic hydroxyl groups is 1. The molecule has 2 N–H and O–H groups in total. The molecule has 0 aromatic heterocycles. The molecule has 0 bridgehead atoms. The third-order valence-corrected chi connectivity index (χ3v) is 3.76. The molecule has 1 aromatic carbocycles. The predicted octanol–water partition coefficient (Wildman–Crippen LogP) is 4.16. The number of phenolic OH excluding ortho intramolecular Hbond substituents is 1. The van der Waals surface area contributed by atoms with Crippen LogP contribution in [0.4, 0.5) is 5.69 Å². The number of anilines is 1. The topological polar surface area (TPSA) is 32.3 Å². The molecule has 1 aromatic rings. The fourth-order valence-corrected chi connectivity index (χ4v) is 2.84. The number of phenols is 1. The Bertz CT molecular complexity index is 343. The van der Waals surface area contributed by atoms with Gasteiger partial charge in [0.2, 0.25) is 0 Å². The molecule has 0 saturated heterocycles. The Hall–Kier alpha value is -1.18. The molecule has 17 heavy (non-hydrogen) atoms. The summed E-state index contributed by atoms with van der Waals surface area (Å²) >= 11 is 0. The highest BCUT2D eigenvalue weighted by Crippen LogP contribution is 2.29. The van der Waals surface area contributed by atoms with Crippen LogP contribution < -0.4 is 5.32 Å². The summed E-state index contributed by atoms with van der Waals surface area (Å²) in [7, 11) is 0. The van der Waals surface area contributed by atoms with Gasteiger partial charge in [-0.2, -0.15) is 0 Å². The lowest BCUT2D eigenvalue weighted by Crippen LogP contribution is -2.25. The van der Waals surface area contributed by atoms with E-state index < -0.39 is 0 Å². The predicted molar refractivity (Wildman–Crippen MR) is 72.4 cm³/mol. The lowest BCUT2D eigenvalue weighted by atomic mass is 9.83. The van der Waals surface area contributed by atoms with Gasteiger partial charge in [0.05, 0.1) is 0 Å². The third-order valence-electron chi connectivity index (χ3n) is 3.76. The Kier molecular flexibility index (Phi) is 4.29. The summed E-state index contributed by atoms with van der Waals surface area (Å²) in [6.07, 6.45) is 7.93. The van der Waals surface area contributed by atoms with Crippen LogP contribution in [0.15, 0.2) is 24.3 Å². The molecule has 0 atom stereocenters. The number of hydrogen-bond donors (Lipinski definition) is 2. The van der Waals surface area contributed by atoms with E-state index in [0.29, 0.717) is 11.8 Å². The summed E-state index contributed by atoms with van der Waals surface area (Å²) < 4.78 is 0. The standard InChI is InChI=1S/C15H23NO/c1-2-4-12-7-9-13(10-8-12)16-14-5-3-6-15(17)11-14/h3,5-6,11-13,16-17H,2,4,7-10H2,1H3. The second-order valence-electron chi connectivity index (χ2n) is 5.20. The van der Waals surface area contributed by atoms with Crippen molar-refractivity contribution in [2.75, 3.05) is 5.32 Å². The van der Waals surface area contributed by atoms with Crippen molar-refractivity contribution in [2.45, 2.75) is 51.5 Å². The third kappa shape index (κ3) is 3.65. The molecular formula is C15H23NO. The van der Waals surface area contributed by atoms with Gasteiger partial charge < -0.3 is 10.4 Å². The summed E-state index contributed by atoms with van der Waals surface area (Å²) in [5, 5.41) is 12.9. The van der Waals surface area contributed by atoms with Crippen molar-refractivity contribution < 1.29 is 5.11 Å². The van der Waals surface area contributed by atoms with Crippen LogP contribution in [0.3, 0.4) is 0 Å². The van der Waals surface area contributed by atoms with E-state index in [0.717, 1.165) is 11.6 Å². The minimum Gasteiger partial charge on any atom is -0.508 e. The van der Waals surface area contributed by atoms with E-state index in [1.165, 1.54) is 38.5 Å². The van der Waals surface area contributed by atoms with E-state index >= 15 is 0 Å². The van der Waals surface area contributed by atoms with Crippen molar-refractivity contribution in [1.82, 2.24) is 0 Å². The van der Waals surface area contributed by atoms with Crippen molar-refractivity contribution >= 4 is 5.69 Å². The molecule has 2 heteroatoms. The fourth-order valence-electron chi connectivity index (χ4n) is 2.84. The smallest absolute Gasteiger partial charge is 0.117 e. The normalized spacial score (nSPS) is 24.5. The highest BCUT2D eigenvalue weighted by Gasteiger charge is 2.20. The van der Waals surface area contributed by atoms with Crippen LogP contribution in [0.2, 0.25) is 0 Å². The quantitative estimate of drug-likeness (QED) is 0.818. The molecule has 94 valence electrons. The van der Waals surface area contributed by atoms with Crippen LogP contribution in [0.5, 0.6) is 5.75 Å². The van der Waals surface area contributed by atoms with Gasteiger partial charge in [-0.05, 0) is 43.7 Å². The van der Waals surface area contributed by atoms with Crippen molar-refractivity contribution in [1.29, 1.82) is 0 Å². The molecule has 0 aliphatic heterocycles. The monoisotopic (exact) mass is 233 g/mol. The Morgan fingerprint density at radius 2 is 2.00 bits per heavy atom. The maximum atomic E-state index is 9.41. The summed E-state index contributed by atoms with van der Waals surface area (Å²) in [6.45, 7) is 2.27. The second kappa shape index (κ2) is 5.95. The van der Waals surface area contributed by atoms with Gasteiger partial charge in [-0.3, -0.25) is 0 Å². The Labute approximate surface area is 104 Å². The first-order valence-electron chi connectivity index (χ1n) is 6.83. The summed E-state index contributed by atoms with van der Waals surface area (Å²) in [4.78, 5) is 0. The lowest BCUT2D eigenvalue weighted by molar-refractivity contribution is 0.319. The van der Waals surface area contributed by atoms with Gasteiger partial charge in [-0.15, -0.1) is 0 Å². The lowest BCUT2D eigenvalue weighted by Gasteiger charge is -2.29. The van der Waals surface area contributed by atoms with E-state index in [-0.39, 0.29) is 0 Å². The molecule has 0 amide bonds. The maximum absolute atomic E-state index is 9.41. The van der Waals surface area contributed by atoms with E-state index in [4.69, 9.17) is 0 Å². The van der Waals surface area contributed by atoms with E-state index in [1.54, 1.807) is 12.1 Å². The van der Waals surface area contributed by atoms with E-state index in [2.05, 4.69) is 12.2 Å². The molecule has 0 unspecified atom stereocenters. The molecule has 1 aliphatic rings. The molecule has 0 spiro atoms. The number of benzene rings is 1. The Balaban J connectivity index is 1.82. The number of rotatable bonds is 4. The molecule has 2 nitrogen and oxygen atoms in total. The van der Waals surface area contributed by atoms with Crippen LogP contribution in [0.25, 0.3) is 0 Å². The molecule has 0 heterocycles. The summed E-state index contributed by atoms with van der Waals surface area (Å²) in [5.74, 6) is 1.29. The molecular weight excluding hydrogens is 210 g/mol. The largest absolute Gasteiger partial charge is 0.508 e. The van der Waals surface area contributed by atoms with Gasteiger partial charge in [0.15, 0.2) is 0 Å². The van der Waals surface area contributed by atoms with Crippen molar-refractivity contribution in [3.63, 3.8) is 0 Å². The highest BCUT2D eigenvalue weighted by atomic mass is 16.3. The Morgan fingerprint density at radius 3 is 2.65 bits per heavy atom. The Morgan fingerprint density at radius 1 is 1.24 bits per heavy atom. The molecule has 2 rings (SSSR count). The summed E-state index contributed by atoms with van der Waals surface area (Å²) in [5.41, 5.74) is 1.05. The van der Waals surface area contributed by atoms with Gasteiger partial charge in [0.1, 0.15) is 5.75 Å². The van der Waals surface area contributed by atoms with Crippen LogP contribution in [0.1, 0.15) is 45.4 Å². The zero-order valence-electron chi connectivity index (χ0n) is 10.7. The summed E-state index contributed by atoms with van der Waals surface area (Å²) in [6, 6.07) is 8.02. The first-order chi connectivity index (χ1) is 8.28. The van der Waals surface area contributed by atoms with Crippen LogP contribution >= 0.6 is 0 Å². The van der Waals surface area contributed by atoms with Crippen LogP contribution in [-0.2, 0) is 0 Å². The van der Waals surface area contributed by atoms with Crippen LogP contribution in [-0.4, -0.2) is 11.1 Å². The molecule has 1 aliphatic carbocycles. The maximum Gasteiger partial charge on any atom is 0.117 e. The average Bonchev–Trinajstić information content (AvgIpc) is 2.32. The van der Waals surface area contributed by atoms with Gasteiger partial charge in [0.25, 0.3) is 0 Å². The second-order valence-corrected chi connectivity index (χ2v) is 5.20. The van der Waals surface area contributed by atoms with Crippen molar-refractivity contribution in [3.05, 3.63) is 24.3 Å². The average molecular weight is 233 g/mol. The fraction of sp³-hybridized carbons (Fsp3) is 0.600. The number of nitrogens with one attached hydrogen (secondary N) is 1. The van der Waals surface area contributed by atoms with Crippen molar-refractivity contribution in [3.8, 4) is 5.75 Å². The zero-order valence-corrected chi connectivity index (χ0v) is 10.7. The van der Waals surface area contributed by atoms with E-state index in [1.807, 2.05) is 12.1 Å². The molecule has 1 saturated carbocycles.